The van der Waals surface area contributed by atoms with E-state index in [0.717, 1.165) is 28.6 Å². The Bertz CT molecular complexity index is 913. The molecule has 0 saturated heterocycles. The van der Waals surface area contributed by atoms with Crippen LogP contribution in [0, 0.1) is 6.67 Å². The number of benzene rings is 3. The van der Waals surface area contributed by atoms with Gasteiger partial charge in [0.1, 0.15) is 6.61 Å². The molecule has 1 atom stereocenters. The molecule has 0 fully saturated rings. The maximum atomic E-state index is 6.12. The minimum absolute atomic E-state index is 0.0545. The standard InChI is InChI=1S/C22H18N2O2/c1-2-8-17(9-3-1)24-16-23(19-10-4-5-11-20(19)24)14-18-15-25-21-12-6-7-13-22(21)26-18/h1-13,18H,14-15H2. The Morgan fingerprint density at radius 3 is 2.35 bits per heavy atom. The molecule has 1 unspecified atom stereocenters. The molecule has 4 nitrogen and oxygen atoms in total. The van der Waals surface area contributed by atoms with Crippen LogP contribution in [0.4, 0.5) is 17.1 Å². The van der Waals surface area contributed by atoms with Crippen LogP contribution in [-0.2, 0) is 0 Å². The van der Waals surface area contributed by atoms with Gasteiger partial charge in [-0.05, 0) is 36.4 Å². The van der Waals surface area contributed by atoms with Crippen molar-refractivity contribution in [3.05, 3.63) is 85.5 Å². The Kier molecular flexibility index (Phi) is 3.67. The quantitative estimate of drug-likeness (QED) is 0.701. The molecule has 0 spiro atoms. The molecule has 0 aliphatic carbocycles. The van der Waals surface area contributed by atoms with E-state index in [2.05, 4.69) is 52.9 Å². The largest absolute Gasteiger partial charge is 0.486 e. The van der Waals surface area contributed by atoms with E-state index in [1.165, 1.54) is 0 Å². The Morgan fingerprint density at radius 2 is 1.50 bits per heavy atom. The van der Waals surface area contributed by atoms with Crippen LogP contribution in [0.3, 0.4) is 0 Å². The Hall–Kier alpha value is -3.14. The summed E-state index contributed by atoms with van der Waals surface area (Å²) in [6, 6.07) is 26.4. The molecule has 0 amide bonds. The average molecular weight is 342 g/mol. The monoisotopic (exact) mass is 342 g/mol. The molecule has 4 heteroatoms. The molecule has 2 aliphatic rings. The molecular formula is C22H18N2O2. The van der Waals surface area contributed by atoms with Crippen molar-refractivity contribution in [3.63, 3.8) is 0 Å². The van der Waals surface area contributed by atoms with Gasteiger partial charge in [-0.1, -0.05) is 42.5 Å². The summed E-state index contributed by atoms with van der Waals surface area (Å²) in [5.74, 6) is 1.61. The molecule has 2 heterocycles. The van der Waals surface area contributed by atoms with Gasteiger partial charge in [-0.3, -0.25) is 0 Å². The fraction of sp³-hybridized carbons (Fsp3) is 0.136. The molecule has 128 valence electrons. The zero-order valence-corrected chi connectivity index (χ0v) is 14.2. The first-order chi connectivity index (χ1) is 12.9. The predicted molar refractivity (Wildman–Crippen MR) is 102 cm³/mol. The topological polar surface area (TPSA) is 24.9 Å². The van der Waals surface area contributed by atoms with Crippen LogP contribution in [-0.4, -0.2) is 19.3 Å². The first kappa shape index (κ1) is 15.1. The molecule has 0 saturated carbocycles. The van der Waals surface area contributed by atoms with Gasteiger partial charge < -0.3 is 19.3 Å². The van der Waals surface area contributed by atoms with Gasteiger partial charge in [0.2, 0.25) is 6.67 Å². The van der Waals surface area contributed by atoms with Gasteiger partial charge in [0.15, 0.2) is 17.6 Å². The predicted octanol–water partition coefficient (Wildman–Crippen LogP) is 4.48. The molecule has 2 radical (unpaired) electrons. The van der Waals surface area contributed by atoms with Crippen LogP contribution < -0.4 is 19.3 Å². The first-order valence-electron chi connectivity index (χ1n) is 8.75. The van der Waals surface area contributed by atoms with Crippen LogP contribution in [0.2, 0.25) is 0 Å². The van der Waals surface area contributed by atoms with E-state index in [0.29, 0.717) is 13.2 Å². The highest BCUT2D eigenvalue weighted by Gasteiger charge is 2.32. The molecule has 0 aromatic heterocycles. The van der Waals surface area contributed by atoms with E-state index in [9.17, 15) is 0 Å². The number of hydrogen-bond acceptors (Lipinski definition) is 4. The molecular weight excluding hydrogens is 324 g/mol. The number of nitrogens with zero attached hydrogens (tertiary/aromatic N) is 2. The van der Waals surface area contributed by atoms with Crippen LogP contribution in [0.15, 0.2) is 78.9 Å². The third kappa shape index (κ3) is 2.64. The lowest BCUT2D eigenvalue weighted by Gasteiger charge is -2.30. The highest BCUT2D eigenvalue weighted by Crippen LogP contribution is 2.42. The van der Waals surface area contributed by atoms with E-state index in [1.807, 2.05) is 42.5 Å². The zero-order valence-electron chi connectivity index (χ0n) is 14.2. The average Bonchev–Trinajstić information content (AvgIpc) is 3.07. The summed E-state index contributed by atoms with van der Waals surface area (Å²) in [4.78, 5) is 4.21. The summed E-state index contributed by atoms with van der Waals surface area (Å²) in [5, 5.41) is 0. The number of rotatable bonds is 3. The van der Waals surface area contributed by atoms with Crippen molar-refractivity contribution in [2.45, 2.75) is 6.10 Å². The lowest BCUT2D eigenvalue weighted by atomic mass is 10.2. The Morgan fingerprint density at radius 1 is 0.808 bits per heavy atom. The van der Waals surface area contributed by atoms with E-state index in [1.54, 1.807) is 0 Å². The Labute approximate surface area is 153 Å². The van der Waals surface area contributed by atoms with E-state index in [-0.39, 0.29) is 6.10 Å². The van der Waals surface area contributed by atoms with Crippen molar-refractivity contribution in [2.75, 3.05) is 23.0 Å². The van der Waals surface area contributed by atoms with Crippen LogP contribution >= 0.6 is 0 Å². The lowest BCUT2D eigenvalue weighted by molar-refractivity contribution is 0.0963. The fourth-order valence-electron chi connectivity index (χ4n) is 3.38. The van der Waals surface area contributed by atoms with Crippen LogP contribution in [0.25, 0.3) is 0 Å². The van der Waals surface area contributed by atoms with Gasteiger partial charge in [-0.15, -0.1) is 0 Å². The van der Waals surface area contributed by atoms with E-state index < -0.39 is 0 Å². The van der Waals surface area contributed by atoms with Gasteiger partial charge in [0.05, 0.1) is 17.9 Å². The van der Waals surface area contributed by atoms with E-state index >= 15 is 0 Å². The van der Waals surface area contributed by atoms with Crippen molar-refractivity contribution in [1.82, 2.24) is 0 Å². The second-order valence-electron chi connectivity index (χ2n) is 6.37. The summed E-state index contributed by atoms with van der Waals surface area (Å²) < 4.78 is 12.0. The third-order valence-electron chi connectivity index (χ3n) is 4.60. The van der Waals surface area contributed by atoms with Gasteiger partial charge in [-0.25, -0.2) is 0 Å². The van der Waals surface area contributed by atoms with E-state index in [4.69, 9.17) is 9.47 Å². The molecule has 5 rings (SSSR count). The second kappa shape index (κ2) is 6.30. The first-order valence-corrected chi connectivity index (χ1v) is 8.75. The molecule has 2 aliphatic heterocycles. The van der Waals surface area contributed by atoms with Gasteiger partial charge in [0, 0.05) is 5.69 Å². The minimum atomic E-state index is -0.0545. The summed E-state index contributed by atoms with van der Waals surface area (Å²) in [5.41, 5.74) is 3.34. The SMILES string of the molecule is [C]1N(CC2COc3ccccc3O2)c2ccccc2N1c1ccccc1. The molecule has 0 N–H and O–H groups in total. The highest BCUT2D eigenvalue weighted by molar-refractivity contribution is 5.84. The number of ether oxygens (including phenoxy) is 2. The molecule has 26 heavy (non-hydrogen) atoms. The molecule has 0 bridgehead atoms. The Balaban J connectivity index is 1.39. The maximum absolute atomic E-state index is 6.12. The molecule has 3 aromatic carbocycles. The summed E-state index contributed by atoms with van der Waals surface area (Å²) in [6.07, 6.45) is -0.0545. The zero-order chi connectivity index (χ0) is 17.3. The number of fused-ring (bicyclic) bond motifs is 2. The van der Waals surface area contributed by atoms with Gasteiger partial charge >= 0.3 is 0 Å². The smallest absolute Gasteiger partial charge is 0.213 e. The minimum Gasteiger partial charge on any atom is -0.486 e. The van der Waals surface area contributed by atoms with Crippen molar-refractivity contribution in [2.24, 2.45) is 0 Å². The van der Waals surface area contributed by atoms with Crippen LogP contribution in [0.1, 0.15) is 0 Å². The number of para-hydroxylation sites is 5. The summed E-state index contributed by atoms with van der Waals surface area (Å²) in [7, 11) is 0. The van der Waals surface area contributed by atoms with Crippen molar-refractivity contribution < 1.29 is 9.47 Å². The number of anilines is 3. The molecule has 3 aromatic rings. The van der Waals surface area contributed by atoms with Crippen molar-refractivity contribution in [3.8, 4) is 11.5 Å². The van der Waals surface area contributed by atoms with Gasteiger partial charge in [0.25, 0.3) is 0 Å². The fourth-order valence-corrected chi connectivity index (χ4v) is 3.38. The maximum Gasteiger partial charge on any atom is 0.213 e. The summed E-state index contributed by atoms with van der Waals surface area (Å²) >= 11 is 0. The lowest BCUT2D eigenvalue weighted by Crippen LogP contribution is -2.40. The second-order valence-corrected chi connectivity index (χ2v) is 6.37. The third-order valence-corrected chi connectivity index (χ3v) is 4.60. The highest BCUT2D eigenvalue weighted by atomic mass is 16.6. The van der Waals surface area contributed by atoms with Crippen molar-refractivity contribution in [1.29, 1.82) is 0 Å². The number of hydrogen-bond donors (Lipinski definition) is 0. The summed E-state index contributed by atoms with van der Waals surface area (Å²) in [6.45, 7) is 4.68. The van der Waals surface area contributed by atoms with Crippen LogP contribution in [0.5, 0.6) is 11.5 Å². The normalized spacial score (nSPS) is 17.9. The van der Waals surface area contributed by atoms with Gasteiger partial charge in [-0.2, -0.15) is 0 Å². The van der Waals surface area contributed by atoms with Crippen molar-refractivity contribution >= 4 is 17.1 Å².